The minimum absolute atomic E-state index is 0.0431. The number of hydrogen-bond donors (Lipinski definition) is 1. The number of nitrogens with one attached hydrogen (secondary N) is 1. The van der Waals surface area contributed by atoms with Crippen LogP contribution in [-0.4, -0.2) is 108 Å². The molecule has 4 rings (SSSR count). The van der Waals surface area contributed by atoms with Crippen LogP contribution in [0, 0.1) is 0 Å². The van der Waals surface area contributed by atoms with Gasteiger partial charge in [0.2, 0.25) is 23.6 Å². The maximum absolute atomic E-state index is 14.2. The first-order valence-corrected chi connectivity index (χ1v) is 20.9. The number of rotatable bonds is 18. The van der Waals surface area contributed by atoms with Gasteiger partial charge in [0.1, 0.15) is 12.1 Å². The van der Waals surface area contributed by atoms with Gasteiger partial charge in [0.05, 0.1) is 12.5 Å². The zero-order chi connectivity index (χ0) is 36.1. The molecular weight excluding hydrogens is 649 g/mol. The number of amides is 4. The van der Waals surface area contributed by atoms with Crippen molar-refractivity contribution in [3.63, 3.8) is 0 Å². The molecule has 2 aromatic rings. The molecule has 276 valence electrons. The van der Waals surface area contributed by atoms with Crippen molar-refractivity contribution in [2.75, 3.05) is 51.8 Å². The van der Waals surface area contributed by atoms with Gasteiger partial charge in [-0.25, -0.2) is 0 Å². The molecule has 3 atom stereocenters. The Balaban J connectivity index is 1.24. The van der Waals surface area contributed by atoms with Gasteiger partial charge in [0.15, 0.2) is 0 Å². The molecule has 2 aliphatic rings. The summed E-state index contributed by atoms with van der Waals surface area (Å²) in [5.41, 5.74) is 1.81. The van der Waals surface area contributed by atoms with Crippen molar-refractivity contribution in [3.8, 4) is 0 Å². The van der Waals surface area contributed by atoms with Crippen LogP contribution in [0.2, 0.25) is 0 Å². The minimum atomic E-state index is -1.11. The molecule has 0 aromatic heterocycles. The summed E-state index contributed by atoms with van der Waals surface area (Å²) in [6, 6.07) is 18.5. The lowest BCUT2D eigenvalue weighted by molar-refractivity contribution is -0.148. The van der Waals surface area contributed by atoms with E-state index in [9.17, 15) is 19.2 Å². The minimum Gasteiger partial charge on any atom is -0.356 e. The monoisotopic (exact) mass is 708 g/mol. The Hall–Kier alpha value is -3.37. The number of unbranched alkanes of at least 4 members (excludes halogenated alkanes) is 2. The molecule has 2 aliphatic heterocycles. The Labute approximate surface area is 302 Å². The maximum Gasteiger partial charge on any atom is 0.246 e. The van der Waals surface area contributed by atoms with Crippen LogP contribution < -0.4 is 5.32 Å². The molecule has 9 nitrogen and oxygen atoms in total. The lowest BCUT2D eigenvalue weighted by atomic mass is 9.89. The highest BCUT2D eigenvalue weighted by Gasteiger charge is 2.44. The van der Waals surface area contributed by atoms with Gasteiger partial charge in [-0.1, -0.05) is 80.9 Å². The first kappa shape index (κ1) is 39.4. The molecule has 2 heterocycles. The fourth-order valence-electron chi connectivity index (χ4n) is 7.25. The highest BCUT2D eigenvalue weighted by molar-refractivity contribution is 8.29. The van der Waals surface area contributed by atoms with E-state index in [0.717, 1.165) is 62.0 Å². The Morgan fingerprint density at radius 2 is 1.46 bits per heavy atom. The molecule has 3 unspecified atom stereocenters. The molecule has 10 heteroatoms. The average Bonchev–Trinajstić information content (AvgIpc) is 3.81. The standard InChI is InChI=1S/C40H60N4O5S/c1-6-49-50(5,31(2)3)30-18-26-41-36(45)25-14-9-15-27-42(4)38(46)34-23-16-28-43(34)39(47)35-24-17-29-44(35)40(48)37(32-19-10-7-11-20-32)33-21-12-8-13-22-33/h7-8,10-13,19-22,31,34-35,37H,6,9,14-18,23-30H2,1-5H3,(H,41,45). The van der Waals surface area contributed by atoms with Crippen LogP contribution in [0.5, 0.6) is 0 Å². The number of carbonyl (C=O) groups is 4. The van der Waals surface area contributed by atoms with Crippen molar-refractivity contribution in [1.29, 1.82) is 0 Å². The Morgan fingerprint density at radius 3 is 2.06 bits per heavy atom. The van der Waals surface area contributed by atoms with Crippen LogP contribution in [0.4, 0.5) is 0 Å². The van der Waals surface area contributed by atoms with Crippen LogP contribution in [-0.2, 0) is 23.4 Å². The Morgan fingerprint density at radius 1 is 0.860 bits per heavy atom. The molecule has 2 fully saturated rings. The maximum atomic E-state index is 14.2. The van der Waals surface area contributed by atoms with Crippen LogP contribution >= 0.6 is 10.3 Å². The van der Waals surface area contributed by atoms with E-state index in [1.165, 1.54) is 0 Å². The first-order chi connectivity index (χ1) is 24.1. The third-order valence-corrected chi connectivity index (χ3v) is 14.2. The SMILES string of the molecule is CCOS(C)(CCCNC(=O)CCCCCN(C)C(=O)C1CCCN1C(=O)C1CCCN1C(=O)C(c1ccccc1)c1ccccc1)C(C)C. The number of hydrogen-bond acceptors (Lipinski definition) is 5. The number of carbonyl (C=O) groups excluding carboxylic acids is 4. The fourth-order valence-corrected chi connectivity index (χ4v) is 9.37. The van der Waals surface area contributed by atoms with Gasteiger partial charge in [-0.15, -0.1) is 10.3 Å². The molecule has 2 saturated heterocycles. The summed E-state index contributed by atoms with van der Waals surface area (Å²) in [6.07, 6.45) is 8.81. The summed E-state index contributed by atoms with van der Waals surface area (Å²) < 4.78 is 6.06. The molecule has 1 N–H and O–H groups in total. The van der Waals surface area contributed by atoms with Gasteiger partial charge in [0.25, 0.3) is 0 Å². The normalized spacial score (nSPS) is 19.4. The van der Waals surface area contributed by atoms with E-state index >= 15 is 0 Å². The molecule has 50 heavy (non-hydrogen) atoms. The van der Waals surface area contributed by atoms with E-state index in [1.54, 1.807) is 21.7 Å². The van der Waals surface area contributed by atoms with Gasteiger partial charge in [-0.3, -0.25) is 19.2 Å². The van der Waals surface area contributed by atoms with E-state index in [1.807, 2.05) is 67.6 Å². The molecule has 0 saturated carbocycles. The molecule has 0 radical (unpaired) electrons. The van der Waals surface area contributed by atoms with Crippen LogP contribution in [0.1, 0.15) is 95.6 Å². The van der Waals surface area contributed by atoms with Gasteiger partial charge in [-0.2, -0.15) is 0 Å². The van der Waals surface area contributed by atoms with Gasteiger partial charge < -0.3 is 24.2 Å². The lowest BCUT2D eigenvalue weighted by Gasteiger charge is -2.39. The second kappa shape index (κ2) is 19.3. The lowest BCUT2D eigenvalue weighted by Crippen LogP contribution is -2.53. The summed E-state index contributed by atoms with van der Waals surface area (Å²) in [5, 5.41) is 3.55. The molecule has 0 aliphatic carbocycles. The summed E-state index contributed by atoms with van der Waals surface area (Å²) in [4.78, 5) is 59.5. The zero-order valence-corrected chi connectivity index (χ0v) is 31.8. The zero-order valence-electron chi connectivity index (χ0n) is 31.0. The smallest absolute Gasteiger partial charge is 0.246 e. The van der Waals surface area contributed by atoms with Crippen molar-refractivity contribution in [2.24, 2.45) is 0 Å². The third-order valence-electron chi connectivity index (χ3n) is 10.4. The van der Waals surface area contributed by atoms with Gasteiger partial charge >= 0.3 is 0 Å². The summed E-state index contributed by atoms with van der Waals surface area (Å²) >= 11 is 0. The number of likely N-dealkylation sites (N-methyl/N-ethyl adjacent to an activating group) is 1. The molecule has 4 amide bonds. The van der Waals surface area contributed by atoms with E-state index in [0.29, 0.717) is 50.7 Å². The van der Waals surface area contributed by atoms with Crippen LogP contribution in [0.3, 0.4) is 0 Å². The first-order valence-electron chi connectivity index (χ1n) is 18.7. The third kappa shape index (κ3) is 10.3. The van der Waals surface area contributed by atoms with E-state index in [2.05, 4.69) is 25.4 Å². The highest BCUT2D eigenvalue weighted by atomic mass is 32.3. The summed E-state index contributed by atoms with van der Waals surface area (Å²) in [7, 11) is 0.695. The number of likely N-dealkylation sites (tertiary alicyclic amines) is 2. The second-order valence-electron chi connectivity index (χ2n) is 14.1. The van der Waals surface area contributed by atoms with Crippen molar-refractivity contribution < 1.29 is 23.4 Å². The average molecular weight is 709 g/mol. The Bertz CT molecular complexity index is 1350. The predicted molar refractivity (Wildman–Crippen MR) is 203 cm³/mol. The van der Waals surface area contributed by atoms with Crippen molar-refractivity contribution in [3.05, 3.63) is 71.8 Å². The number of nitrogens with zero attached hydrogens (tertiary/aromatic N) is 3. The molecule has 0 bridgehead atoms. The largest absolute Gasteiger partial charge is 0.356 e. The van der Waals surface area contributed by atoms with E-state index in [4.69, 9.17) is 4.18 Å². The van der Waals surface area contributed by atoms with Crippen LogP contribution in [0.25, 0.3) is 0 Å². The Kier molecular flexibility index (Phi) is 15.2. The van der Waals surface area contributed by atoms with Crippen molar-refractivity contribution >= 4 is 33.9 Å². The molecule has 0 spiro atoms. The highest BCUT2D eigenvalue weighted by Crippen LogP contribution is 2.50. The van der Waals surface area contributed by atoms with E-state index < -0.39 is 28.3 Å². The van der Waals surface area contributed by atoms with Gasteiger partial charge in [0, 0.05) is 50.7 Å². The summed E-state index contributed by atoms with van der Waals surface area (Å²) in [5.74, 6) is 0.348. The molecule has 2 aromatic carbocycles. The number of benzene rings is 2. The van der Waals surface area contributed by atoms with Gasteiger partial charge in [-0.05, 0) is 69.3 Å². The second-order valence-corrected chi connectivity index (χ2v) is 17.9. The van der Waals surface area contributed by atoms with Crippen molar-refractivity contribution in [2.45, 2.75) is 102 Å². The molecular formula is C40H60N4O5S. The fraction of sp³-hybridized carbons (Fsp3) is 0.600. The quantitative estimate of drug-likeness (QED) is 0.188. The van der Waals surface area contributed by atoms with E-state index in [-0.39, 0.29) is 23.6 Å². The summed E-state index contributed by atoms with van der Waals surface area (Å²) in [6.45, 7) is 9.49. The predicted octanol–water partition coefficient (Wildman–Crippen LogP) is 6.12. The topological polar surface area (TPSA) is 99.3 Å². The van der Waals surface area contributed by atoms with Crippen molar-refractivity contribution in [1.82, 2.24) is 20.0 Å². The van der Waals surface area contributed by atoms with Crippen LogP contribution in [0.15, 0.2) is 60.7 Å².